The molecule has 0 aliphatic rings. The molecule has 2 rings (SSSR count). The van der Waals surface area contributed by atoms with E-state index in [-0.39, 0.29) is 10.8 Å². The maximum atomic E-state index is 10.9. The Balaban J connectivity index is 2.50. The first-order valence-corrected chi connectivity index (χ1v) is 4.87. The van der Waals surface area contributed by atoms with E-state index in [1.165, 1.54) is 6.92 Å². The third kappa shape index (κ3) is 1.72. The Bertz CT molecular complexity index is 541. The molecular formula is C9H8N2O2S. The normalized spacial score (nSPS) is 10.6. The van der Waals surface area contributed by atoms with Gasteiger partial charge in [-0.2, -0.15) is 0 Å². The molecule has 2 aromatic rings. The SMILES string of the molecule is CC(=O)Sc1ccc2[nH]c(=O)[nH]c2c1. The third-order valence-corrected chi connectivity index (χ3v) is 2.53. The van der Waals surface area contributed by atoms with E-state index in [1.807, 2.05) is 0 Å². The molecule has 0 radical (unpaired) electrons. The highest BCUT2D eigenvalue weighted by atomic mass is 32.2. The van der Waals surface area contributed by atoms with Gasteiger partial charge in [0.2, 0.25) is 0 Å². The quantitative estimate of drug-likeness (QED) is 0.698. The molecule has 0 aliphatic heterocycles. The van der Waals surface area contributed by atoms with E-state index in [9.17, 15) is 9.59 Å². The van der Waals surface area contributed by atoms with E-state index >= 15 is 0 Å². The summed E-state index contributed by atoms with van der Waals surface area (Å²) in [6.07, 6.45) is 0. The Kier molecular flexibility index (Phi) is 2.17. The number of nitrogens with one attached hydrogen (secondary N) is 2. The van der Waals surface area contributed by atoms with Crippen LogP contribution in [0.3, 0.4) is 0 Å². The topological polar surface area (TPSA) is 65.7 Å². The molecular weight excluding hydrogens is 200 g/mol. The standard InChI is InChI=1S/C9H8N2O2S/c1-5(12)14-6-2-3-7-8(4-6)11-9(13)10-7/h2-4H,1H3,(H2,10,11,13). The van der Waals surface area contributed by atoms with Crippen LogP contribution in [0.5, 0.6) is 0 Å². The summed E-state index contributed by atoms with van der Waals surface area (Å²) >= 11 is 1.15. The summed E-state index contributed by atoms with van der Waals surface area (Å²) in [4.78, 5) is 27.9. The minimum atomic E-state index is -0.232. The first-order valence-electron chi connectivity index (χ1n) is 4.05. The summed E-state index contributed by atoms with van der Waals surface area (Å²) in [5.74, 6) is 0. The number of fused-ring (bicyclic) bond motifs is 1. The highest BCUT2D eigenvalue weighted by Gasteiger charge is 2.02. The van der Waals surface area contributed by atoms with Gasteiger partial charge in [0, 0.05) is 11.8 Å². The molecule has 0 saturated carbocycles. The van der Waals surface area contributed by atoms with Crippen LogP contribution in [0, 0.1) is 0 Å². The number of hydrogen-bond acceptors (Lipinski definition) is 3. The molecule has 0 atom stereocenters. The zero-order chi connectivity index (χ0) is 10.1. The second-order valence-electron chi connectivity index (χ2n) is 2.88. The summed E-state index contributed by atoms with van der Waals surface area (Å²) in [6.45, 7) is 1.51. The number of aromatic amines is 2. The second kappa shape index (κ2) is 3.34. The van der Waals surface area contributed by atoms with Crippen molar-refractivity contribution < 1.29 is 4.79 Å². The van der Waals surface area contributed by atoms with Crippen LogP contribution in [0.1, 0.15) is 6.92 Å². The van der Waals surface area contributed by atoms with Crippen LogP contribution >= 0.6 is 11.8 Å². The van der Waals surface area contributed by atoms with Crippen LogP contribution in [0.2, 0.25) is 0 Å². The van der Waals surface area contributed by atoms with Crippen molar-refractivity contribution in [1.29, 1.82) is 0 Å². The molecule has 4 nitrogen and oxygen atoms in total. The minimum Gasteiger partial charge on any atom is -0.306 e. The van der Waals surface area contributed by atoms with Gasteiger partial charge in [0.05, 0.1) is 11.0 Å². The van der Waals surface area contributed by atoms with Crippen molar-refractivity contribution >= 4 is 27.9 Å². The van der Waals surface area contributed by atoms with Gasteiger partial charge in [-0.3, -0.25) is 4.79 Å². The summed E-state index contributed by atoms with van der Waals surface area (Å²) < 4.78 is 0. The molecule has 72 valence electrons. The zero-order valence-electron chi connectivity index (χ0n) is 7.46. The highest BCUT2D eigenvalue weighted by molar-refractivity contribution is 8.13. The van der Waals surface area contributed by atoms with Crippen LogP contribution in [0.4, 0.5) is 0 Å². The molecule has 14 heavy (non-hydrogen) atoms. The maximum Gasteiger partial charge on any atom is 0.323 e. The van der Waals surface area contributed by atoms with Crippen molar-refractivity contribution in [2.24, 2.45) is 0 Å². The van der Waals surface area contributed by atoms with Crippen LogP contribution in [0.25, 0.3) is 11.0 Å². The van der Waals surface area contributed by atoms with Gasteiger partial charge in [-0.15, -0.1) is 0 Å². The van der Waals surface area contributed by atoms with Crippen LogP contribution < -0.4 is 5.69 Å². The summed E-state index contributed by atoms with van der Waals surface area (Å²) in [5.41, 5.74) is 1.24. The van der Waals surface area contributed by atoms with Gasteiger partial charge in [0.25, 0.3) is 0 Å². The fourth-order valence-corrected chi connectivity index (χ4v) is 1.89. The lowest BCUT2D eigenvalue weighted by Crippen LogP contribution is -1.99. The molecule has 0 saturated heterocycles. The van der Waals surface area contributed by atoms with E-state index in [1.54, 1.807) is 18.2 Å². The molecule has 1 aromatic heterocycles. The Morgan fingerprint density at radius 2 is 2.00 bits per heavy atom. The van der Waals surface area contributed by atoms with E-state index in [4.69, 9.17) is 0 Å². The lowest BCUT2D eigenvalue weighted by Gasteiger charge is -1.95. The Labute approximate surface area is 83.7 Å². The summed E-state index contributed by atoms with van der Waals surface area (Å²) in [6, 6.07) is 5.36. The van der Waals surface area contributed by atoms with Gasteiger partial charge in [0.15, 0.2) is 5.12 Å². The van der Waals surface area contributed by atoms with Gasteiger partial charge in [-0.1, -0.05) is 11.8 Å². The first kappa shape index (κ1) is 9.08. The predicted molar refractivity (Wildman–Crippen MR) is 55.5 cm³/mol. The fraction of sp³-hybridized carbons (Fsp3) is 0.111. The molecule has 0 fully saturated rings. The Morgan fingerprint density at radius 1 is 1.29 bits per heavy atom. The monoisotopic (exact) mass is 208 g/mol. The highest BCUT2D eigenvalue weighted by Crippen LogP contribution is 2.21. The number of imidazole rings is 1. The van der Waals surface area contributed by atoms with E-state index in [0.717, 1.165) is 27.7 Å². The fourth-order valence-electron chi connectivity index (χ4n) is 1.24. The van der Waals surface area contributed by atoms with E-state index in [0.29, 0.717) is 0 Å². The predicted octanol–water partition coefficient (Wildman–Crippen LogP) is 1.49. The maximum absolute atomic E-state index is 10.9. The van der Waals surface area contributed by atoms with Gasteiger partial charge in [-0.05, 0) is 18.2 Å². The van der Waals surface area contributed by atoms with Gasteiger partial charge in [-0.25, -0.2) is 4.79 Å². The van der Waals surface area contributed by atoms with Crippen LogP contribution in [-0.2, 0) is 4.79 Å². The molecule has 0 aliphatic carbocycles. The molecule has 2 N–H and O–H groups in total. The lowest BCUT2D eigenvalue weighted by atomic mass is 10.3. The molecule has 1 heterocycles. The summed E-state index contributed by atoms with van der Waals surface area (Å²) in [7, 11) is 0. The smallest absolute Gasteiger partial charge is 0.306 e. The summed E-state index contributed by atoms with van der Waals surface area (Å²) in [5, 5.41) is 0.0298. The van der Waals surface area contributed by atoms with Gasteiger partial charge in [0.1, 0.15) is 0 Å². The number of aromatic nitrogens is 2. The lowest BCUT2D eigenvalue weighted by molar-refractivity contribution is -0.109. The number of benzene rings is 1. The minimum absolute atomic E-state index is 0.0298. The Morgan fingerprint density at radius 3 is 2.71 bits per heavy atom. The average molecular weight is 208 g/mol. The van der Waals surface area contributed by atoms with E-state index in [2.05, 4.69) is 9.97 Å². The van der Waals surface area contributed by atoms with Crippen LogP contribution in [0.15, 0.2) is 27.9 Å². The van der Waals surface area contributed by atoms with Crippen molar-refractivity contribution in [1.82, 2.24) is 9.97 Å². The van der Waals surface area contributed by atoms with Gasteiger partial charge < -0.3 is 9.97 Å². The molecule has 0 amide bonds. The number of carbonyl (C=O) groups excluding carboxylic acids is 1. The number of thioether (sulfide) groups is 1. The number of rotatable bonds is 1. The number of carbonyl (C=O) groups is 1. The zero-order valence-corrected chi connectivity index (χ0v) is 8.27. The second-order valence-corrected chi connectivity index (χ2v) is 4.13. The van der Waals surface area contributed by atoms with Gasteiger partial charge >= 0.3 is 5.69 Å². The van der Waals surface area contributed by atoms with Crippen molar-refractivity contribution in [2.45, 2.75) is 11.8 Å². The third-order valence-electron chi connectivity index (χ3n) is 1.75. The van der Waals surface area contributed by atoms with Crippen molar-refractivity contribution in [3.8, 4) is 0 Å². The molecule has 1 aromatic carbocycles. The van der Waals surface area contributed by atoms with Crippen molar-refractivity contribution in [2.75, 3.05) is 0 Å². The largest absolute Gasteiger partial charge is 0.323 e. The van der Waals surface area contributed by atoms with Crippen molar-refractivity contribution in [3.05, 3.63) is 28.7 Å². The number of H-pyrrole nitrogens is 2. The van der Waals surface area contributed by atoms with Crippen molar-refractivity contribution in [3.63, 3.8) is 0 Å². The Hall–Kier alpha value is -1.49. The first-order chi connectivity index (χ1) is 6.65. The molecule has 0 bridgehead atoms. The number of hydrogen-bond donors (Lipinski definition) is 2. The van der Waals surface area contributed by atoms with E-state index < -0.39 is 0 Å². The van der Waals surface area contributed by atoms with Crippen LogP contribution in [-0.4, -0.2) is 15.1 Å². The average Bonchev–Trinajstić information content (AvgIpc) is 2.42. The molecule has 5 heteroatoms. The molecule has 0 spiro atoms. The molecule has 0 unspecified atom stereocenters.